The highest BCUT2D eigenvalue weighted by Gasteiger charge is 2.12. The SMILES string of the molecule is Fc1ccc(NC(=S)NCc2ccccc2CN2CCCCC2)cc1Cl. The highest BCUT2D eigenvalue weighted by atomic mass is 35.5. The Morgan fingerprint density at radius 2 is 1.81 bits per heavy atom. The lowest BCUT2D eigenvalue weighted by molar-refractivity contribution is 0.220. The Labute approximate surface area is 164 Å². The van der Waals surface area contributed by atoms with Crippen LogP contribution in [0.1, 0.15) is 30.4 Å². The van der Waals surface area contributed by atoms with E-state index in [9.17, 15) is 4.39 Å². The molecule has 0 saturated carbocycles. The zero-order valence-corrected chi connectivity index (χ0v) is 16.2. The Hall–Kier alpha value is -1.69. The van der Waals surface area contributed by atoms with E-state index in [1.54, 1.807) is 6.07 Å². The minimum absolute atomic E-state index is 0.0738. The molecule has 6 heteroatoms. The average molecular weight is 392 g/mol. The highest BCUT2D eigenvalue weighted by Crippen LogP contribution is 2.19. The van der Waals surface area contributed by atoms with Crippen molar-refractivity contribution in [1.29, 1.82) is 0 Å². The number of nitrogens with one attached hydrogen (secondary N) is 2. The van der Waals surface area contributed by atoms with Crippen LogP contribution in [0.5, 0.6) is 0 Å². The summed E-state index contributed by atoms with van der Waals surface area (Å²) in [6.07, 6.45) is 3.91. The van der Waals surface area contributed by atoms with E-state index < -0.39 is 5.82 Å². The number of nitrogens with zero attached hydrogens (tertiary/aromatic N) is 1. The molecule has 0 radical (unpaired) electrons. The summed E-state index contributed by atoms with van der Waals surface area (Å²) in [5, 5.41) is 6.82. The summed E-state index contributed by atoms with van der Waals surface area (Å²) >= 11 is 11.1. The van der Waals surface area contributed by atoms with Crippen LogP contribution in [0.4, 0.5) is 10.1 Å². The van der Waals surface area contributed by atoms with Gasteiger partial charge in [-0.25, -0.2) is 4.39 Å². The molecule has 138 valence electrons. The monoisotopic (exact) mass is 391 g/mol. The fraction of sp³-hybridized carbons (Fsp3) is 0.350. The molecule has 1 saturated heterocycles. The standard InChI is InChI=1S/C20H23ClFN3S/c21-18-12-17(8-9-19(18)22)24-20(26)23-13-15-6-2-3-7-16(15)14-25-10-4-1-5-11-25/h2-3,6-9,12H,1,4-5,10-11,13-14H2,(H2,23,24,26). The van der Waals surface area contributed by atoms with Gasteiger partial charge in [0.05, 0.1) is 5.02 Å². The smallest absolute Gasteiger partial charge is 0.171 e. The Balaban J connectivity index is 1.56. The van der Waals surface area contributed by atoms with Gasteiger partial charge in [-0.1, -0.05) is 42.3 Å². The average Bonchev–Trinajstić information content (AvgIpc) is 2.65. The van der Waals surface area contributed by atoms with Crippen LogP contribution < -0.4 is 10.6 Å². The maximum absolute atomic E-state index is 13.2. The summed E-state index contributed by atoms with van der Waals surface area (Å²) in [4.78, 5) is 2.51. The summed E-state index contributed by atoms with van der Waals surface area (Å²) in [6.45, 7) is 3.97. The van der Waals surface area contributed by atoms with Crippen LogP contribution in [0.25, 0.3) is 0 Å². The molecule has 2 N–H and O–H groups in total. The Kier molecular flexibility index (Phi) is 6.83. The molecule has 26 heavy (non-hydrogen) atoms. The van der Waals surface area contributed by atoms with Crippen molar-refractivity contribution in [2.24, 2.45) is 0 Å². The Morgan fingerprint density at radius 1 is 1.08 bits per heavy atom. The number of likely N-dealkylation sites (tertiary alicyclic amines) is 1. The van der Waals surface area contributed by atoms with Crippen LogP contribution in [0.3, 0.4) is 0 Å². The molecule has 0 bridgehead atoms. The maximum atomic E-state index is 13.2. The first-order valence-corrected chi connectivity index (χ1v) is 9.69. The molecule has 1 fully saturated rings. The van der Waals surface area contributed by atoms with Gasteiger partial charge in [-0.15, -0.1) is 0 Å². The normalized spacial score (nSPS) is 14.8. The second-order valence-corrected chi connectivity index (χ2v) is 7.36. The number of hydrogen-bond donors (Lipinski definition) is 2. The molecule has 0 spiro atoms. The van der Waals surface area contributed by atoms with E-state index in [0.717, 1.165) is 6.54 Å². The van der Waals surface area contributed by atoms with Gasteiger partial charge in [-0.2, -0.15) is 0 Å². The van der Waals surface area contributed by atoms with Crippen LogP contribution >= 0.6 is 23.8 Å². The van der Waals surface area contributed by atoms with E-state index in [1.165, 1.54) is 55.6 Å². The van der Waals surface area contributed by atoms with Gasteiger partial charge >= 0.3 is 0 Å². The Morgan fingerprint density at radius 3 is 2.54 bits per heavy atom. The van der Waals surface area contributed by atoms with Crippen molar-refractivity contribution in [2.75, 3.05) is 18.4 Å². The van der Waals surface area contributed by atoms with Crippen molar-refractivity contribution in [3.8, 4) is 0 Å². The van der Waals surface area contributed by atoms with Crippen molar-refractivity contribution < 1.29 is 4.39 Å². The predicted molar refractivity (Wildman–Crippen MR) is 110 cm³/mol. The third kappa shape index (κ3) is 5.40. The number of thiocarbonyl (C=S) groups is 1. The van der Waals surface area contributed by atoms with E-state index >= 15 is 0 Å². The molecule has 0 atom stereocenters. The molecule has 1 aliphatic heterocycles. The van der Waals surface area contributed by atoms with Crippen molar-refractivity contribution in [3.05, 3.63) is 64.4 Å². The van der Waals surface area contributed by atoms with Crippen molar-refractivity contribution in [2.45, 2.75) is 32.4 Å². The largest absolute Gasteiger partial charge is 0.358 e. The second kappa shape index (κ2) is 9.31. The van der Waals surface area contributed by atoms with Gasteiger partial charge in [0, 0.05) is 18.8 Å². The van der Waals surface area contributed by atoms with Gasteiger partial charge in [0.25, 0.3) is 0 Å². The first-order chi connectivity index (χ1) is 12.6. The molecule has 1 heterocycles. The first-order valence-electron chi connectivity index (χ1n) is 8.91. The van der Waals surface area contributed by atoms with E-state index in [4.69, 9.17) is 23.8 Å². The van der Waals surface area contributed by atoms with E-state index in [-0.39, 0.29) is 5.02 Å². The Bertz CT molecular complexity index is 762. The van der Waals surface area contributed by atoms with Gasteiger partial charge in [0.2, 0.25) is 0 Å². The van der Waals surface area contributed by atoms with E-state index in [1.807, 2.05) is 6.07 Å². The predicted octanol–water partition coefficient (Wildman–Crippen LogP) is 4.95. The van der Waals surface area contributed by atoms with Crippen LogP contribution in [0.2, 0.25) is 5.02 Å². The molecule has 0 aliphatic carbocycles. The molecule has 2 aromatic rings. The minimum Gasteiger partial charge on any atom is -0.358 e. The molecule has 1 aliphatic rings. The van der Waals surface area contributed by atoms with Gasteiger partial charge in [0.15, 0.2) is 5.11 Å². The van der Waals surface area contributed by atoms with Crippen molar-refractivity contribution in [1.82, 2.24) is 10.2 Å². The zero-order valence-electron chi connectivity index (χ0n) is 14.6. The van der Waals surface area contributed by atoms with Crippen LogP contribution in [0.15, 0.2) is 42.5 Å². The van der Waals surface area contributed by atoms with Crippen LogP contribution in [0, 0.1) is 5.82 Å². The summed E-state index contributed by atoms with van der Waals surface area (Å²) in [7, 11) is 0. The van der Waals surface area contributed by atoms with E-state index in [2.05, 4.69) is 33.7 Å². The summed E-state index contributed by atoms with van der Waals surface area (Å²) < 4.78 is 13.2. The second-order valence-electron chi connectivity index (χ2n) is 6.54. The molecule has 3 nitrogen and oxygen atoms in total. The number of anilines is 1. The number of benzene rings is 2. The maximum Gasteiger partial charge on any atom is 0.171 e. The van der Waals surface area contributed by atoms with Gasteiger partial charge in [0.1, 0.15) is 5.82 Å². The van der Waals surface area contributed by atoms with Crippen LogP contribution in [-0.4, -0.2) is 23.1 Å². The third-order valence-corrected chi connectivity index (χ3v) is 5.11. The van der Waals surface area contributed by atoms with E-state index in [0.29, 0.717) is 17.3 Å². The molecule has 0 aromatic heterocycles. The summed E-state index contributed by atoms with van der Waals surface area (Å²) in [6, 6.07) is 12.9. The van der Waals surface area contributed by atoms with Gasteiger partial charge in [-0.3, -0.25) is 4.90 Å². The lowest BCUT2D eigenvalue weighted by Crippen LogP contribution is -2.31. The number of piperidine rings is 1. The fourth-order valence-electron chi connectivity index (χ4n) is 3.17. The quantitative estimate of drug-likeness (QED) is 0.705. The number of hydrogen-bond acceptors (Lipinski definition) is 2. The molecular weight excluding hydrogens is 369 g/mol. The van der Waals surface area contributed by atoms with Crippen LogP contribution in [-0.2, 0) is 13.1 Å². The molecule has 3 rings (SSSR count). The van der Waals surface area contributed by atoms with Gasteiger partial charge < -0.3 is 10.6 Å². The third-order valence-electron chi connectivity index (χ3n) is 4.58. The zero-order chi connectivity index (χ0) is 18.4. The summed E-state index contributed by atoms with van der Waals surface area (Å²) in [5.74, 6) is -0.442. The molecule has 0 unspecified atom stereocenters. The summed E-state index contributed by atoms with van der Waals surface area (Å²) in [5.41, 5.74) is 3.23. The molecule has 0 amide bonds. The number of rotatable bonds is 5. The van der Waals surface area contributed by atoms with Crippen molar-refractivity contribution >= 4 is 34.6 Å². The molecular formula is C20H23ClFN3S. The highest BCUT2D eigenvalue weighted by molar-refractivity contribution is 7.80. The first kappa shape index (κ1) is 19.1. The fourth-order valence-corrected chi connectivity index (χ4v) is 3.54. The number of halogens is 2. The topological polar surface area (TPSA) is 27.3 Å². The minimum atomic E-state index is -0.442. The lowest BCUT2D eigenvalue weighted by Gasteiger charge is -2.27. The lowest BCUT2D eigenvalue weighted by atomic mass is 10.0. The molecule has 2 aromatic carbocycles. The van der Waals surface area contributed by atoms with Gasteiger partial charge in [-0.05, 0) is 67.5 Å². The van der Waals surface area contributed by atoms with Crippen molar-refractivity contribution in [3.63, 3.8) is 0 Å².